The van der Waals surface area contributed by atoms with Gasteiger partial charge in [-0.3, -0.25) is 4.98 Å². The Morgan fingerprint density at radius 2 is 2.04 bits per heavy atom. The Bertz CT molecular complexity index is 791. The molecule has 128 valence electrons. The SMILES string of the molecule is O=S(=O)(NCc1cccnc1)c1ccc(OC2CCCC2)c(F)c1. The van der Waals surface area contributed by atoms with E-state index in [1.165, 1.54) is 12.1 Å². The van der Waals surface area contributed by atoms with Crippen LogP contribution >= 0.6 is 0 Å². The summed E-state index contributed by atoms with van der Waals surface area (Å²) in [4.78, 5) is 3.80. The number of aromatic nitrogens is 1. The largest absolute Gasteiger partial charge is 0.487 e. The van der Waals surface area contributed by atoms with Gasteiger partial charge in [0.25, 0.3) is 0 Å². The van der Waals surface area contributed by atoms with E-state index in [-0.39, 0.29) is 23.3 Å². The van der Waals surface area contributed by atoms with Gasteiger partial charge >= 0.3 is 0 Å². The lowest BCUT2D eigenvalue weighted by Gasteiger charge is -2.14. The third kappa shape index (κ3) is 4.10. The molecule has 1 aromatic heterocycles. The Morgan fingerprint density at radius 3 is 2.71 bits per heavy atom. The summed E-state index contributed by atoms with van der Waals surface area (Å²) in [5.41, 5.74) is 0.725. The van der Waals surface area contributed by atoms with E-state index in [1.807, 2.05) is 0 Å². The molecule has 0 unspecified atom stereocenters. The fourth-order valence-electron chi connectivity index (χ4n) is 2.69. The van der Waals surface area contributed by atoms with E-state index in [4.69, 9.17) is 4.74 Å². The molecule has 5 nitrogen and oxygen atoms in total. The lowest BCUT2D eigenvalue weighted by Crippen LogP contribution is -2.23. The van der Waals surface area contributed by atoms with Crippen LogP contribution in [-0.2, 0) is 16.6 Å². The molecule has 1 aliphatic carbocycles. The third-order valence-electron chi connectivity index (χ3n) is 4.00. The van der Waals surface area contributed by atoms with E-state index in [9.17, 15) is 12.8 Å². The predicted molar refractivity (Wildman–Crippen MR) is 87.5 cm³/mol. The molecule has 1 saturated carbocycles. The molecule has 0 bridgehead atoms. The molecule has 3 rings (SSSR count). The van der Waals surface area contributed by atoms with Gasteiger partial charge in [-0.05, 0) is 55.5 Å². The Kier molecular flexibility index (Phi) is 5.11. The van der Waals surface area contributed by atoms with E-state index in [0.29, 0.717) is 0 Å². The van der Waals surface area contributed by atoms with Gasteiger partial charge in [0, 0.05) is 18.9 Å². The van der Waals surface area contributed by atoms with Crippen LogP contribution < -0.4 is 9.46 Å². The van der Waals surface area contributed by atoms with Gasteiger partial charge in [0.15, 0.2) is 11.6 Å². The van der Waals surface area contributed by atoms with Gasteiger partial charge in [-0.2, -0.15) is 0 Å². The fraction of sp³-hybridized carbons (Fsp3) is 0.353. The molecule has 0 amide bonds. The first-order valence-electron chi connectivity index (χ1n) is 7.89. The highest BCUT2D eigenvalue weighted by Crippen LogP contribution is 2.27. The number of halogens is 1. The zero-order valence-corrected chi connectivity index (χ0v) is 13.9. The smallest absolute Gasteiger partial charge is 0.240 e. The number of nitrogens with zero attached hydrogens (tertiary/aromatic N) is 1. The van der Waals surface area contributed by atoms with Gasteiger partial charge in [0.05, 0.1) is 11.0 Å². The van der Waals surface area contributed by atoms with Gasteiger partial charge in [-0.25, -0.2) is 17.5 Å². The number of nitrogens with one attached hydrogen (secondary N) is 1. The summed E-state index contributed by atoms with van der Waals surface area (Å²) in [6.45, 7) is 0.0954. The Labute approximate surface area is 140 Å². The summed E-state index contributed by atoms with van der Waals surface area (Å²) in [5.74, 6) is -0.556. The van der Waals surface area contributed by atoms with Crippen LogP contribution in [0.5, 0.6) is 5.75 Å². The molecule has 1 heterocycles. The molecule has 0 spiro atoms. The number of hydrogen-bond acceptors (Lipinski definition) is 4. The van der Waals surface area contributed by atoms with Crippen molar-refractivity contribution < 1.29 is 17.5 Å². The molecule has 1 aromatic carbocycles. The number of benzene rings is 1. The topological polar surface area (TPSA) is 68.3 Å². The maximum Gasteiger partial charge on any atom is 0.240 e. The monoisotopic (exact) mass is 350 g/mol. The standard InChI is InChI=1S/C17H19FN2O3S/c18-16-10-15(7-8-17(16)23-14-5-1-2-6-14)24(21,22)20-12-13-4-3-9-19-11-13/h3-4,7-11,14,20H,1-2,5-6,12H2. The van der Waals surface area contributed by atoms with E-state index in [2.05, 4.69) is 9.71 Å². The molecule has 0 radical (unpaired) electrons. The van der Waals surface area contributed by atoms with Crippen molar-refractivity contribution in [1.29, 1.82) is 0 Å². The lowest BCUT2D eigenvalue weighted by molar-refractivity contribution is 0.200. The zero-order chi connectivity index (χ0) is 17.0. The van der Waals surface area contributed by atoms with Crippen LogP contribution in [0.15, 0.2) is 47.6 Å². The minimum Gasteiger partial charge on any atom is -0.487 e. The second-order valence-electron chi connectivity index (χ2n) is 5.80. The molecule has 0 saturated heterocycles. The van der Waals surface area contributed by atoms with E-state index < -0.39 is 15.8 Å². The summed E-state index contributed by atoms with van der Waals surface area (Å²) >= 11 is 0. The molecule has 0 atom stereocenters. The summed E-state index contributed by atoms with van der Waals surface area (Å²) in [6, 6.07) is 7.22. The number of sulfonamides is 1. The van der Waals surface area contributed by atoms with Gasteiger partial charge < -0.3 is 4.74 Å². The average Bonchev–Trinajstić information content (AvgIpc) is 3.09. The quantitative estimate of drug-likeness (QED) is 0.869. The first-order valence-corrected chi connectivity index (χ1v) is 9.38. The van der Waals surface area contributed by atoms with Crippen LogP contribution in [0.3, 0.4) is 0 Å². The first kappa shape index (κ1) is 16.9. The van der Waals surface area contributed by atoms with Gasteiger partial charge in [-0.1, -0.05) is 6.07 Å². The number of ether oxygens (including phenoxy) is 1. The molecule has 2 aromatic rings. The van der Waals surface area contributed by atoms with Crippen molar-refractivity contribution in [3.63, 3.8) is 0 Å². The predicted octanol–water partition coefficient (Wildman–Crippen LogP) is 3.02. The molecule has 1 N–H and O–H groups in total. The number of rotatable bonds is 6. The van der Waals surface area contributed by atoms with Gasteiger partial charge in [0.2, 0.25) is 10.0 Å². The van der Waals surface area contributed by atoms with Crippen molar-refractivity contribution in [2.24, 2.45) is 0 Å². The minimum absolute atomic E-state index is 0.0191. The Hall–Kier alpha value is -1.99. The van der Waals surface area contributed by atoms with E-state index >= 15 is 0 Å². The molecular weight excluding hydrogens is 331 g/mol. The van der Waals surface area contributed by atoms with Crippen LogP contribution in [0, 0.1) is 5.82 Å². The normalized spacial score (nSPS) is 15.5. The van der Waals surface area contributed by atoms with Crippen LogP contribution in [0.25, 0.3) is 0 Å². The number of pyridine rings is 1. The summed E-state index contributed by atoms with van der Waals surface area (Å²) in [7, 11) is -3.80. The van der Waals surface area contributed by atoms with Gasteiger partial charge in [-0.15, -0.1) is 0 Å². The molecule has 0 aliphatic heterocycles. The molecular formula is C17H19FN2O3S. The van der Waals surface area contributed by atoms with Crippen LogP contribution in [0.2, 0.25) is 0 Å². The van der Waals surface area contributed by atoms with Crippen molar-refractivity contribution in [3.8, 4) is 5.75 Å². The van der Waals surface area contributed by atoms with E-state index in [1.54, 1.807) is 24.5 Å². The number of hydrogen-bond donors (Lipinski definition) is 1. The Morgan fingerprint density at radius 1 is 1.25 bits per heavy atom. The van der Waals surface area contributed by atoms with Crippen LogP contribution in [-0.4, -0.2) is 19.5 Å². The molecule has 1 fully saturated rings. The molecule has 24 heavy (non-hydrogen) atoms. The first-order chi connectivity index (χ1) is 11.5. The van der Waals surface area contributed by atoms with Gasteiger partial charge in [0.1, 0.15) is 0 Å². The highest BCUT2D eigenvalue weighted by Gasteiger charge is 2.20. The lowest BCUT2D eigenvalue weighted by atomic mass is 10.3. The van der Waals surface area contributed by atoms with Crippen molar-refractivity contribution >= 4 is 10.0 Å². The summed E-state index contributed by atoms with van der Waals surface area (Å²) < 4.78 is 46.8. The minimum atomic E-state index is -3.80. The fourth-order valence-corrected chi connectivity index (χ4v) is 3.72. The average molecular weight is 350 g/mol. The van der Waals surface area contributed by atoms with E-state index in [0.717, 1.165) is 37.3 Å². The third-order valence-corrected chi connectivity index (χ3v) is 5.40. The summed E-state index contributed by atoms with van der Waals surface area (Å²) in [6.07, 6.45) is 7.18. The Balaban J connectivity index is 1.69. The highest BCUT2D eigenvalue weighted by molar-refractivity contribution is 7.89. The van der Waals surface area contributed by atoms with Crippen molar-refractivity contribution in [2.75, 3.05) is 0 Å². The van der Waals surface area contributed by atoms with Crippen LogP contribution in [0.1, 0.15) is 31.2 Å². The van der Waals surface area contributed by atoms with Crippen molar-refractivity contribution in [3.05, 3.63) is 54.1 Å². The zero-order valence-electron chi connectivity index (χ0n) is 13.1. The van der Waals surface area contributed by atoms with Crippen molar-refractivity contribution in [2.45, 2.75) is 43.2 Å². The maximum absolute atomic E-state index is 14.2. The second kappa shape index (κ2) is 7.27. The van der Waals surface area contributed by atoms with Crippen molar-refractivity contribution in [1.82, 2.24) is 9.71 Å². The van der Waals surface area contributed by atoms with Crippen LogP contribution in [0.4, 0.5) is 4.39 Å². The molecule has 1 aliphatic rings. The summed E-state index contributed by atoms with van der Waals surface area (Å²) in [5, 5.41) is 0. The second-order valence-corrected chi connectivity index (χ2v) is 7.57. The highest BCUT2D eigenvalue weighted by atomic mass is 32.2. The maximum atomic E-state index is 14.2. The molecule has 7 heteroatoms.